The quantitative estimate of drug-likeness (QED) is 0.624. The zero-order chi connectivity index (χ0) is 19.3. The van der Waals surface area contributed by atoms with Gasteiger partial charge in [-0.2, -0.15) is 4.98 Å². The molecule has 2 aromatic carbocycles. The Hall–Kier alpha value is -3.21. The van der Waals surface area contributed by atoms with Crippen LogP contribution in [0.5, 0.6) is 0 Å². The fraction of sp³-hybridized carbons (Fsp3) is 0.227. The van der Waals surface area contributed by atoms with E-state index in [1.165, 1.54) is 0 Å². The lowest BCUT2D eigenvalue weighted by atomic mass is 10.1. The largest absolute Gasteiger partial charge is 0.337 e. The summed E-state index contributed by atoms with van der Waals surface area (Å²) in [5.74, 6) is 0.822. The lowest BCUT2D eigenvalue weighted by Crippen LogP contribution is -2.44. The summed E-state index contributed by atoms with van der Waals surface area (Å²) in [5, 5.41) is 4.03. The fourth-order valence-corrected chi connectivity index (χ4v) is 2.63. The highest BCUT2D eigenvalue weighted by Gasteiger charge is 2.27. The van der Waals surface area contributed by atoms with Crippen LogP contribution in [0.3, 0.4) is 0 Å². The SMILES string of the molecule is CC(C)(C)N(Cc1nc(-c2ccccc2)no1)C(=O)/C=C/c1ccccc1. The molecular weight excluding hydrogens is 338 g/mol. The van der Waals surface area contributed by atoms with Crippen molar-refractivity contribution in [1.82, 2.24) is 15.0 Å². The van der Waals surface area contributed by atoms with Gasteiger partial charge in [0.05, 0.1) is 0 Å². The molecule has 1 heterocycles. The monoisotopic (exact) mass is 361 g/mol. The Kier molecular flexibility index (Phi) is 5.50. The normalized spacial score (nSPS) is 11.7. The van der Waals surface area contributed by atoms with Crippen molar-refractivity contribution in [1.29, 1.82) is 0 Å². The number of hydrogen-bond donors (Lipinski definition) is 0. The third-order valence-corrected chi connectivity index (χ3v) is 4.09. The molecule has 0 saturated heterocycles. The molecule has 0 N–H and O–H groups in total. The van der Waals surface area contributed by atoms with Crippen LogP contribution in [-0.4, -0.2) is 26.5 Å². The summed E-state index contributed by atoms with van der Waals surface area (Å²) in [4.78, 5) is 18.9. The Bertz CT molecular complexity index is 909. The summed E-state index contributed by atoms with van der Waals surface area (Å²) in [7, 11) is 0. The zero-order valence-electron chi connectivity index (χ0n) is 15.8. The van der Waals surface area contributed by atoms with E-state index in [9.17, 15) is 4.79 Å². The van der Waals surface area contributed by atoms with Crippen molar-refractivity contribution >= 4 is 12.0 Å². The van der Waals surface area contributed by atoms with Gasteiger partial charge in [0.2, 0.25) is 17.6 Å². The molecule has 0 radical (unpaired) electrons. The fourth-order valence-electron chi connectivity index (χ4n) is 2.63. The summed E-state index contributed by atoms with van der Waals surface area (Å²) in [5.41, 5.74) is 1.47. The molecule has 1 amide bonds. The van der Waals surface area contributed by atoms with Crippen LogP contribution >= 0.6 is 0 Å². The van der Waals surface area contributed by atoms with E-state index in [0.29, 0.717) is 11.7 Å². The third kappa shape index (κ3) is 4.91. The number of amides is 1. The van der Waals surface area contributed by atoms with Crippen LogP contribution in [0, 0.1) is 0 Å². The van der Waals surface area contributed by atoms with Gasteiger partial charge in [0.15, 0.2) is 0 Å². The number of carbonyl (C=O) groups is 1. The van der Waals surface area contributed by atoms with Gasteiger partial charge in [-0.25, -0.2) is 0 Å². The van der Waals surface area contributed by atoms with E-state index >= 15 is 0 Å². The Morgan fingerprint density at radius 1 is 1.04 bits per heavy atom. The molecule has 5 nitrogen and oxygen atoms in total. The molecule has 3 rings (SSSR count). The summed E-state index contributed by atoms with van der Waals surface area (Å²) in [6.45, 7) is 6.20. The van der Waals surface area contributed by atoms with E-state index in [1.807, 2.05) is 87.5 Å². The number of carbonyl (C=O) groups excluding carboxylic acids is 1. The first-order valence-electron chi connectivity index (χ1n) is 8.86. The molecular formula is C22H23N3O2. The number of aromatic nitrogens is 2. The second-order valence-electron chi connectivity index (χ2n) is 7.22. The maximum absolute atomic E-state index is 12.8. The van der Waals surface area contributed by atoms with Crippen molar-refractivity contribution in [3.8, 4) is 11.4 Å². The van der Waals surface area contributed by atoms with Gasteiger partial charge in [-0.3, -0.25) is 4.79 Å². The average molecular weight is 361 g/mol. The average Bonchev–Trinajstić information content (AvgIpc) is 3.14. The summed E-state index contributed by atoms with van der Waals surface area (Å²) in [6, 6.07) is 19.3. The number of benzene rings is 2. The molecule has 0 aliphatic carbocycles. The van der Waals surface area contributed by atoms with Gasteiger partial charge in [0.25, 0.3) is 0 Å². The van der Waals surface area contributed by atoms with Crippen LogP contribution in [0.1, 0.15) is 32.2 Å². The molecule has 0 unspecified atom stereocenters. The molecule has 0 bridgehead atoms. The molecule has 0 fully saturated rings. The molecule has 3 aromatic rings. The standard InChI is InChI=1S/C22H23N3O2/c1-22(2,3)25(20(26)15-14-17-10-6-4-7-11-17)16-19-23-21(24-27-19)18-12-8-5-9-13-18/h4-15H,16H2,1-3H3/b15-14+. The van der Waals surface area contributed by atoms with Crippen LogP contribution in [0.2, 0.25) is 0 Å². The summed E-state index contributed by atoms with van der Waals surface area (Å²) < 4.78 is 5.38. The minimum Gasteiger partial charge on any atom is -0.337 e. The highest BCUT2D eigenvalue weighted by molar-refractivity contribution is 5.92. The highest BCUT2D eigenvalue weighted by atomic mass is 16.5. The van der Waals surface area contributed by atoms with Crippen LogP contribution in [0.25, 0.3) is 17.5 Å². The lowest BCUT2D eigenvalue weighted by Gasteiger charge is -2.33. The highest BCUT2D eigenvalue weighted by Crippen LogP contribution is 2.20. The molecule has 5 heteroatoms. The van der Waals surface area contributed by atoms with Crippen LogP contribution in [-0.2, 0) is 11.3 Å². The maximum Gasteiger partial charge on any atom is 0.247 e. The van der Waals surface area contributed by atoms with Crippen molar-refractivity contribution in [2.45, 2.75) is 32.9 Å². The molecule has 1 aromatic heterocycles. The van der Waals surface area contributed by atoms with Crippen molar-refractivity contribution < 1.29 is 9.32 Å². The summed E-state index contributed by atoms with van der Waals surface area (Å²) in [6.07, 6.45) is 3.39. The molecule has 0 saturated carbocycles. The Balaban J connectivity index is 1.77. The third-order valence-electron chi connectivity index (χ3n) is 4.09. The van der Waals surface area contributed by atoms with Gasteiger partial charge in [-0.05, 0) is 32.4 Å². The van der Waals surface area contributed by atoms with Crippen molar-refractivity contribution in [2.75, 3.05) is 0 Å². The van der Waals surface area contributed by atoms with E-state index < -0.39 is 0 Å². The minimum atomic E-state index is -0.389. The van der Waals surface area contributed by atoms with Crippen LogP contribution < -0.4 is 0 Å². The zero-order valence-corrected chi connectivity index (χ0v) is 15.8. The molecule has 27 heavy (non-hydrogen) atoms. The second kappa shape index (κ2) is 7.99. The maximum atomic E-state index is 12.8. The molecule has 138 valence electrons. The van der Waals surface area contributed by atoms with E-state index in [-0.39, 0.29) is 18.0 Å². The lowest BCUT2D eigenvalue weighted by molar-refractivity contribution is -0.131. The molecule has 0 aliphatic rings. The van der Waals surface area contributed by atoms with E-state index in [0.717, 1.165) is 11.1 Å². The molecule has 0 aliphatic heterocycles. The van der Waals surface area contributed by atoms with E-state index in [4.69, 9.17) is 4.52 Å². The van der Waals surface area contributed by atoms with Crippen LogP contribution in [0.15, 0.2) is 71.3 Å². The summed E-state index contributed by atoms with van der Waals surface area (Å²) >= 11 is 0. The Labute approximate surface area is 159 Å². The van der Waals surface area contributed by atoms with E-state index in [2.05, 4.69) is 10.1 Å². The predicted molar refractivity (Wildman–Crippen MR) is 106 cm³/mol. The first kappa shape index (κ1) is 18.6. The first-order chi connectivity index (χ1) is 12.9. The van der Waals surface area contributed by atoms with Gasteiger partial charge in [-0.1, -0.05) is 65.8 Å². The van der Waals surface area contributed by atoms with E-state index in [1.54, 1.807) is 11.0 Å². The van der Waals surface area contributed by atoms with Gasteiger partial charge >= 0.3 is 0 Å². The predicted octanol–water partition coefficient (Wildman–Crippen LogP) is 4.58. The van der Waals surface area contributed by atoms with Crippen molar-refractivity contribution in [3.05, 3.63) is 78.2 Å². The topological polar surface area (TPSA) is 59.2 Å². The van der Waals surface area contributed by atoms with Gasteiger partial charge in [0.1, 0.15) is 6.54 Å². The minimum absolute atomic E-state index is 0.106. The smallest absolute Gasteiger partial charge is 0.247 e. The van der Waals surface area contributed by atoms with Crippen molar-refractivity contribution in [3.63, 3.8) is 0 Å². The number of nitrogens with zero attached hydrogens (tertiary/aromatic N) is 3. The number of rotatable bonds is 5. The van der Waals surface area contributed by atoms with Gasteiger partial charge in [0, 0.05) is 17.2 Å². The molecule has 0 spiro atoms. The number of hydrogen-bond acceptors (Lipinski definition) is 4. The van der Waals surface area contributed by atoms with Crippen LogP contribution in [0.4, 0.5) is 0 Å². The van der Waals surface area contributed by atoms with Gasteiger partial charge < -0.3 is 9.42 Å². The first-order valence-corrected chi connectivity index (χ1v) is 8.86. The molecule has 0 atom stereocenters. The Morgan fingerprint density at radius 3 is 2.30 bits per heavy atom. The Morgan fingerprint density at radius 2 is 1.67 bits per heavy atom. The van der Waals surface area contributed by atoms with Crippen molar-refractivity contribution in [2.24, 2.45) is 0 Å². The second-order valence-corrected chi connectivity index (χ2v) is 7.22. The van der Waals surface area contributed by atoms with Gasteiger partial charge in [-0.15, -0.1) is 0 Å².